The van der Waals surface area contributed by atoms with Crippen LogP contribution in [0.25, 0.3) is 5.82 Å². The fraction of sp³-hybridized carbons (Fsp3) is 0. The minimum Gasteiger partial charge on any atom is -0.322 e. The first-order valence-corrected chi connectivity index (χ1v) is 5.85. The molecule has 3 aromatic heterocycles. The number of nitrogens with zero attached hydrogens (tertiary/aromatic N) is 5. The lowest BCUT2D eigenvalue weighted by atomic mass is 10.2. The molecule has 3 aromatic rings. The summed E-state index contributed by atoms with van der Waals surface area (Å²) in [7, 11) is 0. The van der Waals surface area contributed by atoms with Crippen LogP contribution in [0.5, 0.6) is 0 Å². The van der Waals surface area contributed by atoms with E-state index in [1.165, 1.54) is 12.7 Å². The molecule has 7 nitrogen and oxygen atoms in total. The first kappa shape index (κ1) is 12.0. The fourth-order valence-corrected chi connectivity index (χ4v) is 1.66. The largest absolute Gasteiger partial charge is 0.322 e. The third-order valence-electron chi connectivity index (χ3n) is 2.63. The number of pyridine rings is 2. The minimum atomic E-state index is -0.215. The highest BCUT2D eigenvalue weighted by molar-refractivity contribution is 6.04. The smallest absolute Gasteiger partial charge is 0.255 e. The zero-order valence-corrected chi connectivity index (χ0v) is 10.3. The molecule has 0 atom stereocenters. The van der Waals surface area contributed by atoms with Gasteiger partial charge in [0, 0.05) is 29.8 Å². The average molecular weight is 266 g/mol. The van der Waals surface area contributed by atoms with Crippen LogP contribution in [-0.4, -0.2) is 30.6 Å². The van der Waals surface area contributed by atoms with E-state index < -0.39 is 0 Å². The van der Waals surface area contributed by atoms with Crippen molar-refractivity contribution in [1.82, 2.24) is 24.7 Å². The number of hydrogen-bond donors (Lipinski definition) is 1. The second-order valence-corrected chi connectivity index (χ2v) is 3.96. The third-order valence-corrected chi connectivity index (χ3v) is 2.63. The van der Waals surface area contributed by atoms with Crippen LogP contribution < -0.4 is 5.32 Å². The first-order chi connectivity index (χ1) is 9.83. The number of nitrogens with one attached hydrogen (secondary N) is 1. The van der Waals surface area contributed by atoms with Crippen molar-refractivity contribution in [1.29, 1.82) is 0 Å². The van der Waals surface area contributed by atoms with Crippen molar-refractivity contribution >= 4 is 11.6 Å². The van der Waals surface area contributed by atoms with Gasteiger partial charge < -0.3 is 5.32 Å². The van der Waals surface area contributed by atoms with Gasteiger partial charge in [0.15, 0.2) is 0 Å². The Hall–Kier alpha value is -3.09. The number of aromatic nitrogens is 5. The average Bonchev–Trinajstić information content (AvgIpc) is 3.03. The molecule has 1 N–H and O–H groups in total. The van der Waals surface area contributed by atoms with E-state index in [1.54, 1.807) is 47.4 Å². The van der Waals surface area contributed by atoms with Crippen LogP contribution in [0.4, 0.5) is 5.69 Å². The molecule has 0 fully saturated rings. The summed E-state index contributed by atoms with van der Waals surface area (Å²) >= 11 is 0. The van der Waals surface area contributed by atoms with Crippen LogP contribution in [0.15, 0.2) is 55.5 Å². The van der Waals surface area contributed by atoms with Crippen LogP contribution in [-0.2, 0) is 0 Å². The number of carbonyl (C=O) groups is 1. The standard InChI is InChI=1S/C13H10N6O/c20-13(18-11-2-4-14-5-3-11)10-1-6-15-12(7-10)19-8-16-17-9-19/h1-9H,(H,14,18,20). The molecule has 98 valence electrons. The Morgan fingerprint density at radius 2 is 1.80 bits per heavy atom. The molecule has 0 unspecified atom stereocenters. The second kappa shape index (κ2) is 5.27. The van der Waals surface area contributed by atoms with Crippen molar-refractivity contribution in [3.05, 3.63) is 61.1 Å². The van der Waals surface area contributed by atoms with Gasteiger partial charge in [0.2, 0.25) is 0 Å². The summed E-state index contributed by atoms with van der Waals surface area (Å²) in [5.41, 5.74) is 1.19. The molecule has 1 amide bonds. The Morgan fingerprint density at radius 3 is 2.55 bits per heavy atom. The molecule has 3 heterocycles. The van der Waals surface area contributed by atoms with Crippen molar-refractivity contribution in [3.8, 4) is 5.82 Å². The predicted molar refractivity (Wildman–Crippen MR) is 71.3 cm³/mol. The lowest BCUT2D eigenvalue weighted by molar-refractivity contribution is 0.102. The van der Waals surface area contributed by atoms with Crippen molar-refractivity contribution in [2.24, 2.45) is 0 Å². The van der Waals surface area contributed by atoms with Crippen LogP contribution in [0, 0.1) is 0 Å². The Balaban J connectivity index is 1.84. The van der Waals surface area contributed by atoms with E-state index in [2.05, 4.69) is 25.5 Å². The molecule has 3 rings (SSSR count). The van der Waals surface area contributed by atoms with Gasteiger partial charge in [-0.05, 0) is 24.3 Å². The Labute approximate surface area is 114 Å². The van der Waals surface area contributed by atoms with Crippen LogP contribution in [0.1, 0.15) is 10.4 Å². The Bertz CT molecular complexity index is 711. The van der Waals surface area contributed by atoms with Gasteiger partial charge in [-0.1, -0.05) is 0 Å². The minimum absolute atomic E-state index is 0.215. The van der Waals surface area contributed by atoms with Gasteiger partial charge in [0.05, 0.1) is 0 Å². The molecule has 0 radical (unpaired) electrons. The van der Waals surface area contributed by atoms with Crippen molar-refractivity contribution in [3.63, 3.8) is 0 Å². The van der Waals surface area contributed by atoms with E-state index in [4.69, 9.17) is 0 Å². The van der Waals surface area contributed by atoms with E-state index in [0.29, 0.717) is 17.1 Å². The van der Waals surface area contributed by atoms with Crippen LogP contribution in [0.3, 0.4) is 0 Å². The van der Waals surface area contributed by atoms with Crippen LogP contribution >= 0.6 is 0 Å². The summed E-state index contributed by atoms with van der Waals surface area (Å²) in [6.45, 7) is 0. The number of rotatable bonds is 3. The Kier molecular flexibility index (Phi) is 3.15. The van der Waals surface area contributed by atoms with Gasteiger partial charge >= 0.3 is 0 Å². The van der Waals surface area contributed by atoms with E-state index in [1.807, 2.05) is 0 Å². The second-order valence-electron chi connectivity index (χ2n) is 3.96. The van der Waals surface area contributed by atoms with Gasteiger partial charge in [-0.15, -0.1) is 10.2 Å². The summed E-state index contributed by atoms with van der Waals surface area (Å²) in [5.74, 6) is 0.366. The highest BCUT2D eigenvalue weighted by atomic mass is 16.1. The Morgan fingerprint density at radius 1 is 1.05 bits per heavy atom. The summed E-state index contributed by atoms with van der Waals surface area (Å²) in [4.78, 5) is 20.2. The quantitative estimate of drug-likeness (QED) is 0.772. The third kappa shape index (κ3) is 2.51. The zero-order valence-electron chi connectivity index (χ0n) is 10.3. The van der Waals surface area contributed by atoms with E-state index in [9.17, 15) is 4.79 Å². The molecule has 0 bridgehead atoms. The SMILES string of the molecule is O=C(Nc1ccncc1)c1ccnc(-n2cnnc2)c1. The van der Waals surface area contributed by atoms with Gasteiger partial charge in [-0.2, -0.15) is 0 Å². The van der Waals surface area contributed by atoms with E-state index >= 15 is 0 Å². The molecule has 0 aliphatic rings. The number of hydrogen-bond acceptors (Lipinski definition) is 5. The molecule has 0 spiro atoms. The molecule has 0 saturated carbocycles. The maximum atomic E-state index is 12.1. The van der Waals surface area contributed by atoms with Gasteiger partial charge in [-0.25, -0.2) is 4.98 Å². The molecule has 7 heteroatoms. The highest BCUT2D eigenvalue weighted by Gasteiger charge is 2.08. The van der Waals surface area contributed by atoms with Crippen LogP contribution in [0.2, 0.25) is 0 Å². The number of carbonyl (C=O) groups excluding carboxylic acids is 1. The summed E-state index contributed by atoms with van der Waals surface area (Å²) in [5, 5.41) is 10.2. The first-order valence-electron chi connectivity index (χ1n) is 5.85. The predicted octanol–water partition coefficient (Wildman–Crippen LogP) is 1.31. The lowest BCUT2D eigenvalue weighted by Crippen LogP contribution is -2.12. The molecular formula is C13H10N6O. The van der Waals surface area contributed by atoms with E-state index in [0.717, 1.165) is 0 Å². The summed E-state index contributed by atoms with van der Waals surface area (Å²) in [6.07, 6.45) is 7.84. The summed E-state index contributed by atoms with van der Waals surface area (Å²) in [6, 6.07) is 6.75. The maximum absolute atomic E-state index is 12.1. The molecular weight excluding hydrogens is 256 g/mol. The molecule has 0 aromatic carbocycles. The van der Waals surface area contributed by atoms with Crippen molar-refractivity contribution in [2.45, 2.75) is 0 Å². The number of anilines is 1. The molecule has 20 heavy (non-hydrogen) atoms. The van der Waals surface area contributed by atoms with E-state index in [-0.39, 0.29) is 5.91 Å². The van der Waals surface area contributed by atoms with Gasteiger partial charge in [0.25, 0.3) is 5.91 Å². The zero-order chi connectivity index (χ0) is 13.8. The number of amides is 1. The fourth-order valence-electron chi connectivity index (χ4n) is 1.66. The lowest BCUT2D eigenvalue weighted by Gasteiger charge is -2.06. The molecule has 0 saturated heterocycles. The summed E-state index contributed by atoms with van der Waals surface area (Å²) < 4.78 is 1.63. The normalized spacial score (nSPS) is 10.2. The highest BCUT2D eigenvalue weighted by Crippen LogP contribution is 2.10. The van der Waals surface area contributed by atoms with Gasteiger partial charge in [-0.3, -0.25) is 14.3 Å². The monoisotopic (exact) mass is 266 g/mol. The van der Waals surface area contributed by atoms with Crippen molar-refractivity contribution < 1.29 is 4.79 Å². The molecule has 0 aliphatic carbocycles. The maximum Gasteiger partial charge on any atom is 0.255 e. The topological polar surface area (TPSA) is 85.6 Å². The van der Waals surface area contributed by atoms with Gasteiger partial charge in [0.1, 0.15) is 18.5 Å². The van der Waals surface area contributed by atoms with Crippen molar-refractivity contribution in [2.75, 3.05) is 5.32 Å². The molecule has 0 aliphatic heterocycles.